The second-order valence-electron chi connectivity index (χ2n) is 6.02. The van der Waals surface area contributed by atoms with Crippen molar-refractivity contribution in [2.24, 2.45) is 0 Å². The molecule has 0 aliphatic carbocycles. The smallest absolute Gasteiger partial charge is 0.328 e. The van der Waals surface area contributed by atoms with Crippen LogP contribution in [0.15, 0.2) is 63.4 Å². The van der Waals surface area contributed by atoms with E-state index in [4.69, 9.17) is 13.9 Å². The molecule has 0 radical (unpaired) electrons. The van der Waals surface area contributed by atoms with Crippen LogP contribution in [0.5, 0.6) is 0 Å². The molecule has 4 aromatic rings. The number of carbonyl (C=O) groups is 2. The van der Waals surface area contributed by atoms with Crippen LogP contribution in [0, 0.1) is 13.8 Å². The number of fused-ring (bicyclic) bond motifs is 2. The zero-order valence-corrected chi connectivity index (χ0v) is 14.9. The first kappa shape index (κ1) is 18.2. The van der Waals surface area contributed by atoms with Crippen molar-refractivity contribution in [3.8, 4) is 0 Å². The maximum Gasteiger partial charge on any atom is 0.328 e. The third kappa shape index (κ3) is 4.15. The van der Waals surface area contributed by atoms with Gasteiger partial charge >= 0.3 is 5.97 Å². The van der Waals surface area contributed by atoms with E-state index in [-0.39, 0.29) is 0 Å². The van der Waals surface area contributed by atoms with Gasteiger partial charge in [-0.05, 0) is 49.8 Å². The summed E-state index contributed by atoms with van der Waals surface area (Å²) in [6, 6.07) is 14.8. The number of aryl methyl sites for hydroxylation is 2. The van der Waals surface area contributed by atoms with E-state index < -0.39 is 5.97 Å². The van der Waals surface area contributed by atoms with E-state index in [0.29, 0.717) is 5.56 Å². The van der Waals surface area contributed by atoms with Crippen LogP contribution in [-0.2, 0) is 4.79 Å². The van der Waals surface area contributed by atoms with Gasteiger partial charge in [-0.25, -0.2) is 4.79 Å². The van der Waals surface area contributed by atoms with Gasteiger partial charge in [-0.15, -0.1) is 0 Å². The van der Waals surface area contributed by atoms with Gasteiger partial charge in [-0.1, -0.05) is 24.3 Å². The lowest BCUT2D eigenvalue weighted by Crippen LogP contribution is -1.85. The van der Waals surface area contributed by atoms with Gasteiger partial charge in [0.15, 0.2) is 6.29 Å². The van der Waals surface area contributed by atoms with Gasteiger partial charge in [0.25, 0.3) is 0 Å². The van der Waals surface area contributed by atoms with E-state index >= 15 is 0 Å². The highest BCUT2D eigenvalue weighted by Gasteiger charge is 2.04. The maximum absolute atomic E-state index is 10.6. The first-order chi connectivity index (χ1) is 13.0. The third-order valence-electron chi connectivity index (χ3n) is 3.97. The average Bonchev–Trinajstić information content (AvgIpc) is 3.20. The van der Waals surface area contributed by atoms with Gasteiger partial charge in [0, 0.05) is 22.4 Å². The third-order valence-corrected chi connectivity index (χ3v) is 3.97. The molecule has 0 bridgehead atoms. The van der Waals surface area contributed by atoms with Gasteiger partial charge in [-0.3, -0.25) is 4.79 Å². The van der Waals surface area contributed by atoms with Gasteiger partial charge in [0.2, 0.25) is 0 Å². The highest BCUT2D eigenvalue weighted by Crippen LogP contribution is 2.23. The van der Waals surface area contributed by atoms with Crippen LogP contribution in [-0.4, -0.2) is 17.4 Å². The summed E-state index contributed by atoms with van der Waals surface area (Å²) in [4.78, 5) is 21.0. The first-order valence-corrected chi connectivity index (χ1v) is 8.32. The molecule has 0 saturated heterocycles. The summed E-state index contributed by atoms with van der Waals surface area (Å²) in [7, 11) is 0. The van der Waals surface area contributed by atoms with Gasteiger partial charge < -0.3 is 13.9 Å². The Bertz CT molecular complexity index is 1140. The molecule has 0 spiro atoms. The molecule has 5 heteroatoms. The maximum atomic E-state index is 10.6. The normalized spacial score (nSPS) is 10.9. The molecule has 4 rings (SSSR count). The van der Waals surface area contributed by atoms with E-state index in [1.807, 2.05) is 56.3 Å². The van der Waals surface area contributed by atoms with Crippen LogP contribution < -0.4 is 0 Å². The van der Waals surface area contributed by atoms with Crippen molar-refractivity contribution in [1.82, 2.24) is 0 Å². The van der Waals surface area contributed by atoms with Crippen LogP contribution >= 0.6 is 0 Å². The number of rotatable bonds is 3. The standard InChI is InChI=1S/C12H10O3.C10H8O2/c1-8-7-10-9(5-6-12(13)14)3-2-4-11(10)15-8;1-7-5-9-8(6-11)3-2-4-10(9)12-7/h2-7H,1H3,(H,13,14);2-6H,1H3. The number of hydrogen-bond donors (Lipinski definition) is 1. The molecule has 0 saturated carbocycles. The predicted octanol–water partition coefficient (Wildman–Crippen LogP) is 5.39. The fraction of sp³-hybridized carbons (Fsp3) is 0.0909. The van der Waals surface area contributed by atoms with E-state index in [2.05, 4.69) is 0 Å². The Balaban J connectivity index is 0.000000159. The van der Waals surface area contributed by atoms with Gasteiger partial charge in [0.1, 0.15) is 22.7 Å². The van der Waals surface area contributed by atoms with Crippen LogP contribution in [0.2, 0.25) is 0 Å². The molecular weight excluding hydrogens is 344 g/mol. The summed E-state index contributed by atoms with van der Waals surface area (Å²) < 4.78 is 10.8. The second kappa shape index (κ2) is 7.74. The number of aldehydes is 1. The molecule has 0 aliphatic rings. The lowest BCUT2D eigenvalue weighted by atomic mass is 10.1. The minimum absolute atomic E-state index is 0.685. The summed E-state index contributed by atoms with van der Waals surface area (Å²) in [6.07, 6.45) is 3.54. The van der Waals surface area contributed by atoms with Crippen molar-refractivity contribution >= 4 is 40.3 Å². The minimum atomic E-state index is -0.952. The van der Waals surface area contributed by atoms with Crippen LogP contribution in [0.3, 0.4) is 0 Å². The summed E-state index contributed by atoms with van der Waals surface area (Å²) >= 11 is 0. The van der Waals surface area contributed by atoms with Crippen LogP contribution in [0.1, 0.15) is 27.4 Å². The first-order valence-electron chi connectivity index (χ1n) is 8.32. The molecule has 0 amide bonds. The molecule has 0 unspecified atom stereocenters. The number of aliphatic carboxylic acids is 1. The molecule has 0 fully saturated rings. The molecular formula is C22H18O5. The van der Waals surface area contributed by atoms with E-state index in [9.17, 15) is 9.59 Å². The van der Waals surface area contributed by atoms with E-state index in [1.165, 1.54) is 0 Å². The highest BCUT2D eigenvalue weighted by atomic mass is 16.4. The largest absolute Gasteiger partial charge is 0.478 e. The van der Waals surface area contributed by atoms with Crippen LogP contribution in [0.25, 0.3) is 28.0 Å². The number of carboxylic acid groups (broad SMARTS) is 1. The van der Waals surface area contributed by atoms with Crippen molar-refractivity contribution in [3.63, 3.8) is 0 Å². The minimum Gasteiger partial charge on any atom is -0.478 e. The average molecular weight is 362 g/mol. The summed E-state index contributed by atoms with van der Waals surface area (Å²) in [6.45, 7) is 3.74. The monoisotopic (exact) mass is 362 g/mol. The van der Waals surface area contributed by atoms with Gasteiger partial charge in [-0.2, -0.15) is 0 Å². The Morgan fingerprint density at radius 2 is 1.41 bits per heavy atom. The van der Waals surface area contributed by atoms with Crippen molar-refractivity contribution in [2.45, 2.75) is 13.8 Å². The van der Waals surface area contributed by atoms with E-state index in [0.717, 1.165) is 51.4 Å². The number of furan rings is 2. The van der Waals surface area contributed by atoms with Crippen molar-refractivity contribution in [2.75, 3.05) is 0 Å². The Morgan fingerprint density at radius 1 is 0.889 bits per heavy atom. The molecule has 136 valence electrons. The summed E-state index contributed by atoms with van der Waals surface area (Å²) in [5.74, 6) is 0.702. The Kier molecular flexibility index (Phi) is 5.22. The van der Waals surface area contributed by atoms with Gasteiger partial charge in [0.05, 0.1) is 0 Å². The predicted molar refractivity (Wildman–Crippen MR) is 104 cm³/mol. The topological polar surface area (TPSA) is 80.6 Å². The fourth-order valence-corrected chi connectivity index (χ4v) is 2.83. The lowest BCUT2D eigenvalue weighted by molar-refractivity contribution is -0.131. The quantitative estimate of drug-likeness (QED) is 0.390. The fourth-order valence-electron chi connectivity index (χ4n) is 2.83. The highest BCUT2D eigenvalue weighted by molar-refractivity contribution is 5.96. The molecule has 1 N–H and O–H groups in total. The Hall–Kier alpha value is -3.60. The number of hydrogen-bond acceptors (Lipinski definition) is 4. The van der Waals surface area contributed by atoms with Crippen LogP contribution in [0.4, 0.5) is 0 Å². The molecule has 2 heterocycles. The summed E-state index contributed by atoms with van der Waals surface area (Å²) in [5, 5.41) is 10.4. The Labute approximate surface area is 155 Å². The second-order valence-corrected chi connectivity index (χ2v) is 6.02. The van der Waals surface area contributed by atoms with Crippen molar-refractivity contribution in [3.05, 3.63) is 77.3 Å². The zero-order valence-electron chi connectivity index (χ0n) is 14.9. The molecule has 0 aliphatic heterocycles. The zero-order chi connectivity index (χ0) is 19.4. The molecule has 0 atom stereocenters. The number of carbonyl (C=O) groups excluding carboxylic acids is 1. The van der Waals surface area contributed by atoms with E-state index in [1.54, 1.807) is 12.1 Å². The summed E-state index contributed by atoms with van der Waals surface area (Å²) in [5.41, 5.74) is 3.09. The molecule has 2 aromatic heterocycles. The van der Waals surface area contributed by atoms with Crippen molar-refractivity contribution < 1.29 is 23.5 Å². The number of carboxylic acids is 1. The molecule has 5 nitrogen and oxygen atoms in total. The Morgan fingerprint density at radius 3 is 1.93 bits per heavy atom. The van der Waals surface area contributed by atoms with Crippen molar-refractivity contribution in [1.29, 1.82) is 0 Å². The molecule has 2 aromatic carbocycles. The molecule has 27 heavy (non-hydrogen) atoms. The number of benzene rings is 2. The lowest BCUT2D eigenvalue weighted by Gasteiger charge is -1.93. The SMILES string of the molecule is Cc1cc2c(C=CC(=O)O)cccc2o1.Cc1cc2c(C=O)cccc2o1.